The maximum atomic E-state index is 14.9. The fourth-order valence-corrected chi connectivity index (χ4v) is 3.86. The quantitative estimate of drug-likeness (QED) is 0.353. The molecule has 0 radical (unpaired) electrons. The Labute approximate surface area is 201 Å². The van der Waals surface area contributed by atoms with Gasteiger partial charge in [-0.25, -0.2) is 26.9 Å². The SMILES string of the molecule is OCC1(F)CN=C(Cc2cc(F)c(Oc3ccnc4[nH]cc(-c5ccc(F)cc5F)c34)c(F)c2)OC1. The van der Waals surface area contributed by atoms with Gasteiger partial charge in [-0.15, -0.1) is 0 Å². The molecule has 36 heavy (non-hydrogen) atoms. The maximum absolute atomic E-state index is 14.9. The summed E-state index contributed by atoms with van der Waals surface area (Å²) >= 11 is 0. The van der Waals surface area contributed by atoms with Gasteiger partial charge >= 0.3 is 0 Å². The Kier molecular flexibility index (Phi) is 6.09. The van der Waals surface area contributed by atoms with Crippen LogP contribution in [0.3, 0.4) is 0 Å². The maximum Gasteiger partial charge on any atom is 0.198 e. The second-order valence-corrected chi connectivity index (χ2v) is 8.33. The molecule has 1 aliphatic rings. The number of nitrogens with one attached hydrogen (secondary N) is 1. The number of fused-ring (bicyclic) bond motifs is 1. The molecule has 186 valence electrons. The van der Waals surface area contributed by atoms with E-state index in [0.717, 1.165) is 24.3 Å². The van der Waals surface area contributed by atoms with Crippen molar-refractivity contribution in [3.05, 3.63) is 77.6 Å². The van der Waals surface area contributed by atoms with Gasteiger partial charge in [-0.3, -0.25) is 4.99 Å². The van der Waals surface area contributed by atoms with Gasteiger partial charge in [0.2, 0.25) is 0 Å². The van der Waals surface area contributed by atoms with Gasteiger partial charge in [0.1, 0.15) is 29.6 Å². The predicted molar refractivity (Wildman–Crippen MR) is 121 cm³/mol. The lowest BCUT2D eigenvalue weighted by Crippen LogP contribution is -2.42. The van der Waals surface area contributed by atoms with Crippen molar-refractivity contribution in [3.8, 4) is 22.6 Å². The Morgan fingerprint density at radius 1 is 1.03 bits per heavy atom. The van der Waals surface area contributed by atoms with E-state index in [0.29, 0.717) is 0 Å². The van der Waals surface area contributed by atoms with Gasteiger partial charge < -0.3 is 19.6 Å². The Morgan fingerprint density at radius 3 is 2.47 bits per heavy atom. The van der Waals surface area contributed by atoms with Crippen molar-refractivity contribution in [2.75, 3.05) is 19.8 Å². The highest BCUT2D eigenvalue weighted by Crippen LogP contribution is 2.39. The lowest BCUT2D eigenvalue weighted by atomic mass is 10.0. The number of halogens is 5. The van der Waals surface area contributed by atoms with Crippen LogP contribution in [0.5, 0.6) is 11.5 Å². The third-order valence-electron chi connectivity index (χ3n) is 5.70. The number of nitrogens with zero attached hydrogens (tertiary/aromatic N) is 2. The number of aliphatic hydroxyl groups excluding tert-OH is 1. The normalized spacial score (nSPS) is 17.7. The number of aromatic nitrogens is 2. The highest BCUT2D eigenvalue weighted by Gasteiger charge is 2.34. The Bertz CT molecular complexity index is 1470. The smallest absolute Gasteiger partial charge is 0.198 e. The summed E-state index contributed by atoms with van der Waals surface area (Å²) in [7, 11) is 0. The molecule has 5 rings (SSSR count). The lowest BCUT2D eigenvalue weighted by molar-refractivity contribution is 0.0171. The van der Waals surface area contributed by atoms with E-state index in [4.69, 9.17) is 14.6 Å². The standard InChI is InChI=1S/C25H18F5N3O3/c26-14-1-2-15(17(27)8-14)16-9-32-24-22(16)20(3-4-31-24)36-23-18(28)5-13(6-19(23)29)7-21-33-10-25(30,11-34)12-35-21/h1-6,8-9,34H,7,10-12H2,(H,31,32). The highest BCUT2D eigenvalue weighted by atomic mass is 19.2. The minimum atomic E-state index is -1.98. The summed E-state index contributed by atoms with van der Waals surface area (Å²) in [5, 5.41) is 9.28. The molecular formula is C25H18F5N3O3. The summed E-state index contributed by atoms with van der Waals surface area (Å²) in [6, 6.07) is 6.48. The first-order chi connectivity index (χ1) is 17.3. The number of aromatic amines is 1. The van der Waals surface area contributed by atoms with Crippen LogP contribution < -0.4 is 4.74 Å². The van der Waals surface area contributed by atoms with Gasteiger partial charge in [-0.1, -0.05) is 0 Å². The van der Waals surface area contributed by atoms with Crippen LogP contribution in [0, 0.1) is 23.3 Å². The van der Waals surface area contributed by atoms with E-state index in [2.05, 4.69) is 15.0 Å². The molecular weight excluding hydrogens is 485 g/mol. The van der Waals surface area contributed by atoms with Crippen LogP contribution in [0.15, 0.2) is 53.8 Å². The van der Waals surface area contributed by atoms with E-state index >= 15 is 0 Å². The number of H-pyrrole nitrogens is 1. The van der Waals surface area contributed by atoms with E-state index in [-0.39, 0.29) is 52.3 Å². The van der Waals surface area contributed by atoms with E-state index in [1.54, 1.807) is 0 Å². The van der Waals surface area contributed by atoms with Crippen molar-refractivity contribution < 1.29 is 36.5 Å². The third kappa shape index (κ3) is 4.49. The molecule has 2 N–H and O–H groups in total. The number of pyridine rings is 1. The van der Waals surface area contributed by atoms with Crippen molar-refractivity contribution in [2.45, 2.75) is 12.1 Å². The lowest BCUT2D eigenvalue weighted by Gasteiger charge is -2.26. The molecule has 0 amide bonds. The zero-order valence-electron chi connectivity index (χ0n) is 18.5. The molecule has 2 aromatic carbocycles. The van der Waals surface area contributed by atoms with Gasteiger partial charge in [0, 0.05) is 36.0 Å². The fourth-order valence-electron chi connectivity index (χ4n) is 3.86. The van der Waals surface area contributed by atoms with Crippen LogP contribution in [0.4, 0.5) is 22.0 Å². The second-order valence-electron chi connectivity index (χ2n) is 8.33. The average Bonchev–Trinajstić information content (AvgIpc) is 3.28. The number of hydrogen-bond donors (Lipinski definition) is 2. The molecule has 3 heterocycles. The van der Waals surface area contributed by atoms with Crippen LogP contribution in [0.25, 0.3) is 22.2 Å². The van der Waals surface area contributed by atoms with Crippen LogP contribution in [0.1, 0.15) is 5.56 Å². The Morgan fingerprint density at radius 2 is 1.81 bits per heavy atom. The van der Waals surface area contributed by atoms with E-state index in [1.807, 2.05) is 0 Å². The molecule has 0 bridgehead atoms. The van der Waals surface area contributed by atoms with E-state index in [1.165, 1.54) is 24.5 Å². The van der Waals surface area contributed by atoms with E-state index < -0.39 is 47.9 Å². The Hall–Kier alpha value is -3.99. The summed E-state index contributed by atoms with van der Waals surface area (Å²) in [5.41, 5.74) is -1.24. The van der Waals surface area contributed by atoms with Crippen molar-refractivity contribution in [1.82, 2.24) is 9.97 Å². The van der Waals surface area contributed by atoms with Gasteiger partial charge in [0.25, 0.3) is 0 Å². The number of ether oxygens (including phenoxy) is 2. The van der Waals surface area contributed by atoms with Gasteiger partial charge in [0.15, 0.2) is 29.0 Å². The van der Waals surface area contributed by atoms with Gasteiger partial charge in [-0.05, 0) is 35.9 Å². The second kappa shape index (κ2) is 9.23. The zero-order chi connectivity index (χ0) is 25.4. The largest absolute Gasteiger partial charge is 0.477 e. The molecule has 0 saturated carbocycles. The highest BCUT2D eigenvalue weighted by molar-refractivity contribution is 5.98. The summed E-state index contributed by atoms with van der Waals surface area (Å²) in [6.07, 6.45) is 2.68. The van der Waals surface area contributed by atoms with E-state index in [9.17, 15) is 22.0 Å². The van der Waals surface area contributed by atoms with Crippen LogP contribution in [-0.4, -0.2) is 46.4 Å². The van der Waals surface area contributed by atoms with Crippen molar-refractivity contribution in [3.63, 3.8) is 0 Å². The monoisotopic (exact) mass is 503 g/mol. The summed E-state index contributed by atoms with van der Waals surface area (Å²) in [5.74, 6) is -4.25. The molecule has 6 nitrogen and oxygen atoms in total. The first kappa shape index (κ1) is 23.7. The molecule has 0 saturated heterocycles. The fraction of sp³-hybridized carbons (Fsp3) is 0.200. The number of aliphatic hydroxyl groups is 1. The first-order valence-corrected chi connectivity index (χ1v) is 10.8. The topological polar surface area (TPSA) is 79.7 Å². The molecule has 11 heteroatoms. The molecule has 0 spiro atoms. The van der Waals surface area contributed by atoms with Crippen LogP contribution in [-0.2, 0) is 11.2 Å². The van der Waals surface area contributed by atoms with Crippen LogP contribution >= 0.6 is 0 Å². The Balaban J connectivity index is 1.45. The third-order valence-corrected chi connectivity index (χ3v) is 5.70. The van der Waals surface area contributed by atoms with Crippen molar-refractivity contribution in [2.24, 2.45) is 4.99 Å². The number of rotatable bonds is 6. The van der Waals surface area contributed by atoms with Crippen LogP contribution in [0.2, 0.25) is 0 Å². The number of alkyl halides is 1. The van der Waals surface area contributed by atoms with Gasteiger partial charge in [0.05, 0.1) is 18.5 Å². The molecule has 0 fully saturated rings. The zero-order valence-corrected chi connectivity index (χ0v) is 18.5. The molecule has 4 aromatic rings. The minimum Gasteiger partial charge on any atom is -0.477 e. The summed E-state index contributed by atoms with van der Waals surface area (Å²) in [4.78, 5) is 10.9. The molecule has 1 aliphatic heterocycles. The summed E-state index contributed by atoms with van der Waals surface area (Å²) in [6.45, 7) is -1.49. The molecule has 1 unspecified atom stereocenters. The van der Waals surface area contributed by atoms with Gasteiger partial charge in [-0.2, -0.15) is 0 Å². The van der Waals surface area contributed by atoms with Crippen molar-refractivity contribution in [1.29, 1.82) is 0 Å². The number of benzene rings is 2. The first-order valence-electron chi connectivity index (χ1n) is 10.8. The minimum absolute atomic E-state index is 0.00574. The average molecular weight is 503 g/mol. The predicted octanol–water partition coefficient (Wildman–Crippen LogP) is 5.25. The number of hydrogen-bond acceptors (Lipinski definition) is 5. The molecule has 2 aromatic heterocycles. The number of aliphatic imine (C=N–C) groups is 1. The summed E-state index contributed by atoms with van der Waals surface area (Å²) < 4.78 is 82.4. The molecule has 0 aliphatic carbocycles. The van der Waals surface area contributed by atoms with Crippen molar-refractivity contribution >= 4 is 16.9 Å². The molecule has 1 atom stereocenters.